The molecule has 1 rings (SSSR count). The van der Waals surface area contributed by atoms with Crippen LogP contribution < -0.4 is 10.6 Å². The molecule has 0 aromatic rings. The van der Waals surface area contributed by atoms with Crippen molar-refractivity contribution in [3.8, 4) is 0 Å². The van der Waals surface area contributed by atoms with E-state index in [4.69, 9.17) is 0 Å². The van der Waals surface area contributed by atoms with Crippen molar-refractivity contribution in [1.82, 2.24) is 10.6 Å². The van der Waals surface area contributed by atoms with Crippen LogP contribution in [0.1, 0.15) is 2.85 Å². The highest BCUT2D eigenvalue weighted by Gasteiger charge is 2.00. The van der Waals surface area contributed by atoms with Crippen LogP contribution in [0, 0.1) is 0 Å². The molecule has 1 aliphatic rings. The van der Waals surface area contributed by atoms with Gasteiger partial charge in [-0.1, -0.05) is 0 Å². The molecule has 7 heavy (non-hydrogen) atoms. The predicted octanol–water partition coefficient (Wildman–Crippen LogP) is -0.343. The molecule has 0 amide bonds. The maximum absolute atomic E-state index is 3.88. The van der Waals surface area contributed by atoms with Gasteiger partial charge in [-0.25, -0.2) is 0 Å². The molecule has 0 spiro atoms. The predicted molar refractivity (Wildman–Crippen MR) is 33.6 cm³/mol. The van der Waals surface area contributed by atoms with Gasteiger partial charge in [0, 0.05) is 23.0 Å². The van der Waals surface area contributed by atoms with Crippen molar-refractivity contribution in [1.29, 1.82) is 0 Å². The van der Waals surface area contributed by atoms with Crippen molar-refractivity contribution in [3.63, 3.8) is 0 Å². The lowest BCUT2D eigenvalue weighted by molar-refractivity contribution is 0.942. The van der Waals surface area contributed by atoms with Crippen molar-refractivity contribution in [2.24, 2.45) is 4.99 Å². The molecule has 1 aliphatic heterocycles. The van der Waals surface area contributed by atoms with E-state index in [1.165, 1.54) is 0 Å². The van der Waals surface area contributed by atoms with Gasteiger partial charge in [0.15, 0.2) is 5.96 Å². The Morgan fingerprint density at radius 3 is 2.43 bits per heavy atom. The van der Waals surface area contributed by atoms with E-state index in [0.717, 1.165) is 19.0 Å². The first kappa shape index (κ1) is 4.43. The normalized spacial score (nSPS) is 18.1. The summed E-state index contributed by atoms with van der Waals surface area (Å²) in [7, 11) is 1.76. The summed E-state index contributed by atoms with van der Waals surface area (Å²) in [5, 5.41) is 6.09. The van der Waals surface area contributed by atoms with E-state index < -0.39 is 0 Å². The van der Waals surface area contributed by atoms with Crippen molar-refractivity contribution in [2.75, 3.05) is 20.1 Å². The molecule has 3 heteroatoms. The first-order chi connectivity index (χ1) is 3.43. The topological polar surface area (TPSA) is 36.4 Å². The Kier molecular flexibility index (Phi) is 1.15. The second-order valence-corrected chi connectivity index (χ2v) is 1.43. The van der Waals surface area contributed by atoms with Crippen LogP contribution in [-0.2, 0) is 0 Å². The molecule has 0 aromatic carbocycles. The van der Waals surface area contributed by atoms with Crippen LogP contribution in [0.4, 0.5) is 0 Å². The molecular weight excluding hydrogens is 90.1 g/mol. The van der Waals surface area contributed by atoms with Crippen LogP contribution >= 0.6 is 0 Å². The summed E-state index contributed by atoms with van der Waals surface area (Å²) >= 11 is 0. The highest BCUT2D eigenvalue weighted by atomic mass is 15.2. The van der Waals surface area contributed by atoms with Crippen molar-refractivity contribution < 1.29 is 2.85 Å². The number of hydrogen-bond acceptors (Lipinski definition) is 1. The minimum Gasteiger partial charge on any atom is -0.355 e. The van der Waals surface area contributed by atoms with Gasteiger partial charge in [-0.3, -0.25) is 4.99 Å². The van der Waals surface area contributed by atoms with E-state index in [2.05, 4.69) is 15.6 Å². The number of hydrogen-bond donors (Lipinski definition) is 2. The molecule has 0 aromatic heterocycles. The van der Waals surface area contributed by atoms with E-state index in [1.807, 2.05) is 0 Å². The Bertz CT molecular complexity index is 85.8. The maximum Gasteiger partial charge on any atom is 0.191 e. The monoisotopic (exact) mass is 103 g/mol. The van der Waals surface area contributed by atoms with Crippen molar-refractivity contribution in [2.45, 2.75) is 0 Å². The first-order valence-electron chi connectivity index (χ1n) is 2.38. The highest BCUT2D eigenvalue weighted by molar-refractivity contribution is 5.81. The summed E-state index contributed by atoms with van der Waals surface area (Å²) < 4.78 is 0. The number of nitrogens with one attached hydrogen (secondary N) is 2. The molecule has 0 aliphatic carbocycles. The first-order valence-corrected chi connectivity index (χ1v) is 2.38. The van der Waals surface area contributed by atoms with Crippen molar-refractivity contribution >= 4 is 5.96 Å². The van der Waals surface area contributed by atoms with Crippen LogP contribution in [0.3, 0.4) is 0 Å². The van der Waals surface area contributed by atoms with Gasteiger partial charge < -0.3 is 10.6 Å². The van der Waals surface area contributed by atoms with Crippen LogP contribution in [0.25, 0.3) is 0 Å². The van der Waals surface area contributed by atoms with Crippen LogP contribution in [0.15, 0.2) is 4.99 Å². The van der Waals surface area contributed by atoms with Gasteiger partial charge in [0.2, 0.25) is 0 Å². The highest BCUT2D eigenvalue weighted by Crippen LogP contribution is 1.72. The third-order valence-corrected chi connectivity index (χ3v) is 0.933. The molecule has 0 atom stereocenters. The summed E-state index contributed by atoms with van der Waals surface area (Å²) in [6.45, 7) is 2.01. The molecule has 2 N–H and O–H groups in total. The number of guanidine groups is 1. The van der Waals surface area contributed by atoms with E-state index in [-0.39, 0.29) is 2.85 Å². The standard InChI is InChI=1S/C4H9N3.2H2/c1-5-4-6-2-3-7-4;;/h2-3H2,1H3,(H2,5,6,7);2*1H. The average Bonchev–Trinajstić information content (AvgIpc) is 2.14. The van der Waals surface area contributed by atoms with Crippen LogP contribution in [0.2, 0.25) is 0 Å². The largest absolute Gasteiger partial charge is 0.355 e. The maximum atomic E-state index is 3.88. The van der Waals surface area contributed by atoms with E-state index in [0.29, 0.717) is 0 Å². The van der Waals surface area contributed by atoms with Gasteiger partial charge in [-0.2, -0.15) is 0 Å². The third kappa shape index (κ3) is 0.824. The Balaban J connectivity index is 0. The second kappa shape index (κ2) is 1.82. The fourth-order valence-corrected chi connectivity index (χ4v) is 0.582. The van der Waals surface area contributed by atoms with Gasteiger partial charge >= 0.3 is 0 Å². The van der Waals surface area contributed by atoms with Gasteiger partial charge in [-0.05, 0) is 0 Å². The minimum absolute atomic E-state index is 0. The van der Waals surface area contributed by atoms with Gasteiger partial charge in [-0.15, -0.1) is 0 Å². The summed E-state index contributed by atoms with van der Waals surface area (Å²) in [5.41, 5.74) is 0. The SMILES string of the molecule is CN=C1NCCN1.[HH].[HH]. The number of aliphatic imine (C=N–C) groups is 1. The van der Waals surface area contributed by atoms with Gasteiger partial charge in [0.05, 0.1) is 0 Å². The zero-order valence-electron chi connectivity index (χ0n) is 4.36. The van der Waals surface area contributed by atoms with Crippen molar-refractivity contribution in [3.05, 3.63) is 0 Å². The fraction of sp³-hybridized carbons (Fsp3) is 0.750. The Morgan fingerprint density at radius 1 is 1.57 bits per heavy atom. The Morgan fingerprint density at radius 2 is 2.14 bits per heavy atom. The average molecular weight is 103 g/mol. The minimum atomic E-state index is 0. The zero-order valence-corrected chi connectivity index (χ0v) is 4.36. The van der Waals surface area contributed by atoms with E-state index in [9.17, 15) is 0 Å². The fourth-order valence-electron chi connectivity index (χ4n) is 0.582. The quantitative estimate of drug-likeness (QED) is 0.440. The lowest BCUT2D eigenvalue weighted by Gasteiger charge is -1.90. The molecule has 1 saturated heterocycles. The molecule has 1 heterocycles. The van der Waals surface area contributed by atoms with Crippen LogP contribution in [-0.4, -0.2) is 26.1 Å². The molecule has 0 unspecified atom stereocenters. The molecule has 0 radical (unpaired) electrons. The summed E-state index contributed by atoms with van der Waals surface area (Å²) in [5.74, 6) is 0.917. The third-order valence-electron chi connectivity index (χ3n) is 0.933. The van der Waals surface area contributed by atoms with Gasteiger partial charge in [0.1, 0.15) is 0 Å². The molecule has 44 valence electrons. The Labute approximate surface area is 45.8 Å². The Hall–Kier alpha value is -0.730. The molecule has 0 bridgehead atoms. The van der Waals surface area contributed by atoms with E-state index >= 15 is 0 Å². The zero-order chi connectivity index (χ0) is 5.11. The lowest BCUT2D eigenvalue weighted by Crippen LogP contribution is -2.23. The van der Waals surface area contributed by atoms with Gasteiger partial charge in [0.25, 0.3) is 0 Å². The summed E-state index contributed by atoms with van der Waals surface area (Å²) in [6, 6.07) is 0. The summed E-state index contributed by atoms with van der Waals surface area (Å²) in [4.78, 5) is 3.88. The van der Waals surface area contributed by atoms with E-state index in [1.54, 1.807) is 7.05 Å². The number of rotatable bonds is 0. The molecule has 0 saturated carbocycles. The molecular formula is C4H13N3. The summed E-state index contributed by atoms with van der Waals surface area (Å²) in [6.07, 6.45) is 0. The molecule has 3 nitrogen and oxygen atoms in total. The van der Waals surface area contributed by atoms with Crippen LogP contribution in [0.5, 0.6) is 0 Å². The second-order valence-electron chi connectivity index (χ2n) is 1.43. The smallest absolute Gasteiger partial charge is 0.191 e. The number of nitrogens with zero attached hydrogens (tertiary/aromatic N) is 1. The molecule has 1 fully saturated rings. The lowest BCUT2D eigenvalue weighted by atomic mass is 10.7.